The van der Waals surface area contributed by atoms with Crippen molar-refractivity contribution >= 4 is 11.5 Å². The predicted octanol–water partition coefficient (Wildman–Crippen LogP) is 9.02. The summed E-state index contributed by atoms with van der Waals surface area (Å²) in [6.07, 6.45) is 7.81. The van der Waals surface area contributed by atoms with Gasteiger partial charge < -0.3 is 10.2 Å². The van der Waals surface area contributed by atoms with Gasteiger partial charge >= 0.3 is 0 Å². The van der Waals surface area contributed by atoms with Crippen LogP contribution in [-0.2, 0) is 4.79 Å². The second-order valence-electron chi connectivity index (χ2n) is 12.1. The van der Waals surface area contributed by atoms with Crippen LogP contribution in [0.2, 0.25) is 0 Å². The first-order valence-corrected chi connectivity index (χ1v) is 15.3. The summed E-state index contributed by atoms with van der Waals surface area (Å²) < 4.78 is 0. The Morgan fingerprint density at radius 2 is 1.77 bits per heavy atom. The van der Waals surface area contributed by atoms with E-state index in [1.54, 1.807) is 0 Å². The summed E-state index contributed by atoms with van der Waals surface area (Å²) in [4.78, 5) is 14.4. The molecule has 1 aromatic carbocycles. The standard InChI is InChI=1S/C36H56N2O/c1-12-14-32(34(29(10)24(3)4)21-28(9)26(7)13-2)36(25(5)6)33-22-31(16-15-27(33)8)30-17-19-38(20-18-30)35(39)23-37-11/h15-16,21-22,25-26,30,37H,3,12-14,17-20,23H2,1-2,4-11H3/b28-21-,34-29+,36-32+. The van der Waals surface area contributed by atoms with Gasteiger partial charge in [0.1, 0.15) is 0 Å². The van der Waals surface area contributed by atoms with Gasteiger partial charge in [0.2, 0.25) is 5.91 Å². The maximum absolute atomic E-state index is 12.4. The highest BCUT2D eigenvalue weighted by molar-refractivity contribution is 5.79. The van der Waals surface area contributed by atoms with Crippen LogP contribution in [0.4, 0.5) is 0 Å². The van der Waals surface area contributed by atoms with Crippen molar-refractivity contribution in [1.82, 2.24) is 10.2 Å². The van der Waals surface area contributed by atoms with Crippen LogP contribution in [0.5, 0.6) is 0 Å². The number of carbonyl (C=O) groups excluding carboxylic acids is 1. The number of likely N-dealkylation sites (N-methyl/N-ethyl adjacent to an activating group) is 1. The number of allylic oxidation sites excluding steroid dienone is 7. The molecule has 0 aromatic heterocycles. The van der Waals surface area contributed by atoms with E-state index in [9.17, 15) is 4.79 Å². The largest absolute Gasteiger partial charge is 0.342 e. The van der Waals surface area contributed by atoms with E-state index in [0.29, 0.717) is 24.3 Å². The molecule has 1 atom stereocenters. The van der Waals surface area contributed by atoms with E-state index < -0.39 is 0 Å². The van der Waals surface area contributed by atoms with Crippen LogP contribution >= 0.6 is 0 Å². The summed E-state index contributed by atoms with van der Waals surface area (Å²) in [5, 5.41) is 3.00. The highest BCUT2D eigenvalue weighted by Gasteiger charge is 2.25. The second kappa shape index (κ2) is 15.4. The molecule has 0 bridgehead atoms. The topological polar surface area (TPSA) is 32.3 Å². The van der Waals surface area contributed by atoms with Gasteiger partial charge in [-0.05, 0) is 117 Å². The van der Waals surface area contributed by atoms with Gasteiger partial charge in [0.15, 0.2) is 0 Å². The van der Waals surface area contributed by atoms with Crippen molar-refractivity contribution in [3.8, 4) is 0 Å². The molecule has 1 unspecified atom stereocenters. The van der Waals surface area contributed by atoms with Crippen LogP contribution in [0.1, 0.15) is 110 Å². The fourth-order valence-electron chi connectivity index (χ4n) is 5.74. The molecule has 0 aliphatic carbocycles. The molecule has 39 heavy (non-hydrogen) atoms. The van der Waals surface area contributed by atoms with Crippen LogP contribution in [0.25, 0.3) is 5.57 Å². The Morgan fingerprint density at radius 3 is 2.28 bits per heavy atom. The fourth-order valence-corrected chi connectivity index (χ4v) is 5.74. The Bertz CT molecular complexity index is 1090. The van der Waals surface area contributed by atoms with E-state index in [1.165, 1.54) is 44.6 Å². The third kappa shape index (κ3) is 8.55. The summed E-state index contributed by atoms with van der Waals surface area (Å²) in [5.74, 6) is 1.65. The van der Waals surface area contributed by atoms with Crippen LogP contribution < -0.4 is 5.32 Å². The number of benzene rings is 1. The molecule has 1 heterocycles. The molecule has 0 spiro atoms. The molecule has 1 aliphatic rings. The van der Waals surface area contributed by atoms with Crippen molar-refractivity contribution in [2.45, 2.75) is 100 Å². The summed E-state index contributed by atoms with van der Waals surface area (Å²) in [6.45, 7) is 27.0. The van der Waals surface area contributed by atoms with E-state index in [1.807, 2.05) is 11.9 Å². The minimum atomic E-state index is 0.211. The molecule has 1 N–H and O–H groups in total. The van der Waals surface area contributed by atoms with Crippen molar-refractivity contribution in [3.63, 3.8) is 0 Å². The lowest BCUT2D eigenvalue weighted by molar-refractivity contribution is -0.131. The van der Waals surface area contributed by atoms with Crippen LogP contribution in [0.3, 0.4) is 0 Å². The van der Waals surface area contributed by atoms with Gasteiger partial charge in [-0.15, -0.1) is 0 Å². The molecule has 1 saturated heterocycles. The smallest absolute Gasteiger partial charge is 0.236 e. The number of hydrogen-bond acceptors (Lipinski definition) is 2. The number of carbonyl (C=O) groups is 1. The molecule has 0 radical (unpaired) electrons. The highest BCUT2D eigenvalue weighted by atomic mass is 16.2. The van der Waals surface area contributed by atoms with Gasteiger partial charge in [0, 0.05) is 13.1 Å². The van der Waals surface area contributed by atoms with Crippen molar-refractivity contribution in [2.24, 2.45) is 11.8 Å². The van der Waals surface area contributed by atoms with Crippen molar-refractivity contribution in [3.05, 3.63) is 75.4 Å². The zero-order valence-corrected chi connectivity index (χ0v) is 26.8. The van der Waals surface area contributed by atoms with Crippen molar-refractivity contribution in [1.29, 1.82) is 0 Å². The highest BCUT2D eigenvalue weighted by Crippen LogP contribution is 2.40. The Balaban J connectivity index is 2.67. The van der Waals surface area contributed by atoms with Gasteiger partial charge in [0.05, 0.1) is 6.54 Å². The average molecular weight is 533 g/mol. The first-order valence-electron chi connectivity index (χ1n) is 15.3. The summed E-state index contributed by atoms with van der Waals surface area (Å²) in [7, 11) is 1.84. The van der Waals surface area contributed by atoms with Gasteiger partial charge in [-0.3, -0.25) is 4.79 Å². The van der Waals surface area contributed by atoms with E-state index in [4.69, 9.17) is 0 Å². The Kier molecular flexibility index (Phi) is 13.0. The lowest BCUT2D eigenvalue weighted by Gasteiger charge is -2.33. The number of aryl methyl sites for hydroxylation is 1. The molecule has 0 saturated carbocycles. The molecule has 2 rings (SSSR count). The Morgan fingerprint density at radius 1 is 1.13 bits per heavy atom. The van der Waals surface area contributed by atoms with Crippen molar-refractivity contribution in [2.75, 3.05) is 26.7 Å². The quantitative estimate of drug-likeness (QED) is 0.272. The maximum atomic E-state index is 12.4. The monoisotopic (exact) mass is 532 g/mol. The van der Waals surface area contributed by atoms with Crippen LogP contribution in [-0.4, -0.2) is 37.5 Å². The maximum Gasteiger partial charge on any atom is 0.236 e. The number of rotatable bonds is 12. The summed E-state index contributed by atoms with van der Waals surface area (Å²) in [6, 6.07) is 7.13. The SMILES string of the molecule is C=C(C)/C(C)=C(\C=C(\C)C(C)CC)C(/CCC)=C(/c1cc(C2CCN(C(=O)CNC)CC2)ccc1C)C(C)C. The van der Waals surface area contributed by atoms with Gasteiger partial charge in [-0.25, -0.2) is 0 Å². The van der Waals surface area contributed by atoms with E-state index in [2.05, 4.69) is 98.5 Å². The second-order valence-corrected chi connectivity index (χ2v) is 12.1. The molecular formula is C36H56N2O. The average Bonchev–Trinajstić information content (AvgIpc) is 2.91. The summed E-state index contributed by atoms with van der Waals surface area (Å²) >= 11 is 0. The first-order chi connectivity index (χ1) is 18.5. The Hall–Kier alpha value is -2.39. The molecular weight excluding hydrogens is 476 g/mol. The predicted molar refractivity (Wildman–Crippen MR) is 171 cm³/mol. The first kappa shape index (κ1) is 32.8. The van der Waals surface area contributed by atoms with E-state index in [0.717, 1.165) is 50.8 Å². The van der Waals surface area contributed by atoms with Crippen LogP contribution in [0.15, 0.2) is 58.7 Å². The number of nitrogens with one attached hydrogen (secondary N) is 1. The van der Waals surface area contributed by atoms with Gasteiger partial charge in [0.25, 0.3) is 0 Å². The van der Waals surface area contributed by atoms with E-state index in [-0.39, 0.29) is 5.91 Å². The molecule has 3 heteroatoms. The lowest BCUT2D eigenvalue weighted by atomic mass is 9.79. The number of nitrogens with zero attached hydrogens (tertiary/aromatic N) is 1. The lowest BCUT2D eigenvalue weighted by Crippen LogP contribution is -2.41. The third-order valence-electron chi connectivity index (χ3n) is 8.73. The minimum Gasteiger partial charge on any atom is -0.342 e. The Labute approximate surface area is 240 Å². The fraction of sp³-hybridized carbons (Fsp3) is 0.583. The molecule has 1 aliphatic heterocycles. The number of amides is 1. The molecule has 1 amide bonds. The third-order valence-corrected chi connectivity index (χ3v) is 8.73. The normalized spacial score (nSPS) is 17.2. The molecule has 1 fully saturated rings. The zero-order valence-electron chi connectivity index (χ0n) is 26.8. The number of likely N-dealkylation sites (tertiary alicyclic amines) is 1. The zero-order chi connectivity index (χ0) is 29.3. The summed E-state index contributed by atoms with van der Waals surface area (Å²) in [5.41, 5.74) is 12.3. The number of piperidine rings is 1. The van der Waals surface area contributed by atoms with Crippen LogP contribution in [0, 0.1) is 18.8 Å². The van der Waals surface area contributed by atoms with Gasteiger partial charge in [-0.2, -0.15) is 0 Å². The van der Waals surface area contributed by atoms with E-state index >= 15 is 0 Å². The molecule has 216 valence electrons. The van der Waals surface area contributed by atoms with Gasteiger partial charge in [-0.1, -0.05) is 83.0 Å². The molecule has 3 nitrogen and oxygen atoms in total. The minimum absolute atomic E-state index is 0.211. The molecule has 1 aromatic rings. The van der Waals surface area contributed by atoms with Crippen molar-refractivity contribution < 1.29 is 4.79 Å². The number of hydrogen-bond donors (Lipinski definition) is 1.